The highest BCUT2D eigenvalue weighted by atomic mass is 127. The third-order valence-corrected chi connectivity index (χ3v) is 4.37. The molecule has 0 atom stereocenters. The molecule has 0 bridgehead atoms. The van der Waals surface area contributed by atoms with Crippen LogP contribution in [0.1, 0.15) is 22.5 Å². The van der Waals surface area contributed by atoms with Gasteiger partial charge in [-0.1, -0.05) is 40.8 Å². The van der Waals surface area contributed by atoms with Crippen molar-refractivity contribution in [1.82, 2.24) is 5.32 Å². The molecule has 2 rings (SSSR count). The molecule has 1 aromatic heterocycles. The fourth-order valence-electron chi connectivity index (χ4n) is 1.60. The quantitative estimate of drug-likeness (QED) is 0.491. The Kier molecular flexibility index (Phi) is 4.79. The van der Waals surface area contributed by atoms with Crippen molar-refractivity contribution in [1.29, 1.82) is 0 Å². The Morgan fingerprint density at radius 3 is 2.88 bits per heavy atom. The topological polar surface area (TPSA) is 29.1 Å². The second kappa shape index (κ2) is 6.35. The summed E-state index contributed by atoms with van der Waals surface area (Å²) in [5.74, 6) is 0.0552. The molecule has 0 aliphatic heterocycles. The van der Waals surface area contributed by atoms with Crippen LogP contribution >= 0.6 is 33.9 Å². The van der Waals surface area contributed by atoms with Crippen LogP contribution in [0.25, 0.3) is 10.1 Å². The fourth-order valence-corrected chi connectivity index (χ4v) is 3.12. The first-order valence-electron chi connectivity index (χ1n) is 5.64. The van der Waals surface area contributed by atoms with Crippen LogP contribution in [0, 0.1) is 0 Å². The van der Waals surface area contributed by atoms with Crippen LogP contribution < -0.4 is 5.32 Å². The van der Waals surface area contributed by atoms with Crippen LogP contribution in [0.5, 0.6) is 0 Å². The SMILES string of the molecule is O=C(NCCCCI)c1cc2ccccc2s1. The maximum Gasteiger partial charge on any atom is 0.261 e. The molecule has 0 unspecified atom stereocenters. The Balaban J connectivity index is 1.99. The standard InChI is InChI=1S/C13H14INOS/c14-7-3-4-8-15-13(16)12-9-10-5-1-2-6-11(10)17-12/h1-2,5-6,9H,3-4,7-8H2,(H,15,16). The van der Waals surface area contributed by atoms with Gasteiger partial charge in [0.2, 0.25) is 0 Å². The lowest BCUT2D eigenvalue weighted by Gasteiger charge is -2.01. The Hall–Kier alpha value is -0.620. The van der Waals surface area contributed by atoms with Gasteiger partial charge in [-0.2, -0.15) is 0 Å². The highest BCUT2D eigenvalue weighted by Crippen LogP contribution is 2.24. The lowest BCUT2D eigenvalue weighted by Crippen LogP contribution is -2.23. The summed E-state index contributed by atoms with van der Waals surface area (Å²) in [6, 6.07) is 10.1. The van der Waals surface area contributed by atoms with Crippen molar-refractivity contribution in [3.8, 4) is 0 Å². The monoisotopic (exact) mass is 359 g/mol. The molecule has 17 heavy (non-hydrogen) atoms. The van der Waals surface area contributed by atoms with E-state index in [-0.39, 0.29) is 5.91 Å². The molecule has 0 spiro atoms. The van der Waals surface area contributed by atoms with Crippen molar-refractivity contribution < 1.29 is 4.79 Å². The van der Waals surface area contributed by atoms with Gasteiger partial charge < -0.3 is 5.32 Å². The number of carbonyl (C=O) groups excluding carboxylic acids is 1. The molecule has 0 aliphatic carbocycles. The van der Waals surface area contributed by atoms with Crippen LogP contribution in [-0.2, 0) is 0 Å². The fraction of sp³-hybridized carbons (Fsp3) is 0.308. The first kappa shape index (κ1) is 12.8. The Labute approximate surface area is 119 Å². The minimum absolute atomic E-state index is 0.0552. The minimum atomic E-state index is 0.0552. The molecular formula is C13H14INOS. The first-order valence-corrected chi connectivity index (χ1v) is 7.98. The van der Waals surface area contributed by atoms with Gasteiger partial charge in [-0.15, -0.1) is 11.3 Å². The van der Waals surface area contributed by atoms with E-state index in [2.05, 4.69) is 27.9 Å². The highest BCUT2D eigenvalue weighted by molar-refractivity contribution is 14.1. The number of benzene rings is 1. The predicted molar refractivity (Wildman–Crippen MR) is 82.3 cm³/mol. The van der Waals surface area contributed by atoms with Gasteiger partial charge >= 0.3 is 0 Å². The zero-order chi connectivity index (χ0) is 12.1. The number of nitrogens with one attached hydrogen (secondary N) is 1. The summed E-state index contributed by atoms with van der Waals surface area (Å²) in [6.45, 7) is 0.774. The van der Waals surface area contributed by atoms with E-state index in [1.165, 1.54) is 4.70 Å². The Morgan fingerprint density at radius 1 is 1.29 bits per heavy atom. The lowest BCUT2D eigenvalue weighted by molar-refractivity contribution is 0.0957. The van der Waals surface area contributed by atoms with Crippen LogP contribution in [0.2, 0.25) is 0 Å². The van der Waals surface area contributed by atoms with E-state index in [0.717, 1.165) is 34.1 Å². The molecule has 2 nitrogen and oxygen atoms in total. The number of unbranched alkanes of at least 4 members (excludes halogenated alkanes) is 1. The van der Waals surface area contributed by atoms with Crippen molar-refractivity contribution in [2.45, 2.75) is 12.8 Å². The maximum atomic E-state index is 11.9. The number of carbonyl (C=O) groups is 1. The summed E-state index contributed by atoms with van der Waals surface area (Å²) >= 11 is 3.91. The number of rotatable bonds is 5. The summed E-state index contributed by atoms with van der Waals surface area (Å²) in [4.78, 5) is 12.7. The van der Waals surface area contributed by atoms with Gasteiger partial charge in [0.25, 0.3) is 5.91 Å². The molecule has 2 aromatic rings. The summed E-state index contributed by atoms with van der Waals surface area (Å²) in [5.41, 5.74) is 0. The van der Waals surface area contributed by atoms with E-state index in [0.29, 0.717) is 0 Å². The smallest absolute Gasteiger partial charge is 0.261 e. The van der Waals surface area contributed by atoms with Gasteiger partial charge in [-0.05, 0) is 34.8 Å². The Bertz CT molecular complexity index is 476. The molecule has 0 aliphatic rings. The van der Waals surface area contributed by atoms with Gasteiger partial charge in [-0.25, -0.2) is 0 Å². The number of fused-ring (bicyclic) bond motifs is 1. The number of alkyl halides is 1. The lowest BCUT2D eigenvalue weighted by atomic mass is 10.2. The van der Waals surface area contributed by atoms with E-state index in [1.54, 1.807) is 11.3 Å². The highest BCUT2D eigenvalue weighted by Gasteiger charge is 2.08. The van der Waals surface area contributed by atoms with Crippen LogP contribution in [-0.4, -0.2) is 16.9 Å². The zero-order valence-corrected chi connectivity index (χ0v) is 12.4. The largest absolute Gasteiger partial charge is 0.351 e. The molecule has 1 aromatic carbocycles. The minimum Gasteiger partial charge on any atom is -0.351 e. The predicted octanol–water partition coefficient (Wildman–Crippen LogP) is 3.85. The average molecular weight is 359 g/mol. The van der Waals surface area contributed by atoms with E-state index < -0.39 is 0 Å². The normalized spacial score (nSPS) is 10.6. The van der Waals surface area contributed by atoms with Crippen LogP contribution in [0.3, 0.4) is 0 Å². The number of thiophene rings is 1. The molecule has 0 radical (unpaired) electrons. The van der Waals surface area contributed by atoms with Crippen molar-refractivity contribution >= 4 is 49.9 Å². The van der Waals surface area contributed by atoms with Crippen LogP contribution in [0.4, 0.5) is 0 Å². The van der Waals surface area contributed by atoms with Gasteiger partial charge in [0.05, 0.1) is 4.88 Å². The van der Waals surface area contributed by atoms with Crippen molar-refractivity contribution in [2.24, 2.45) is 0 Å². The van der Waals surface area contributed by atoms with Gasteiger partial charge in [-0.3, -0.25) is 4.79 Å². The number of halogens is 1. The molecule has 0 fully saturated rings. The Morgan fingerprint density at radius 2 is 2.12 bits per heavy atom. The third-order valence-electron chi connectivity index (χ3n) is 2.50. The number of amides is 1. The molecule has 1 N–H and O–H groups in total. The van der Waals surface area contributed by atoms with E-state index in [1.807, 2.05) is 30.3 Å². The molecule has 0 saturated heterocycles. The maximum absolute atomic E-state index is 11.9. The van der Waals surface area contributed by atoms with Crippen molar-refractivity contribution in [2.75, 3.05) is 11.0 Å². The summed E-state index contributed by atoms with van der Waals surface area (Å²) < 4.78 is 2.32. The molecule has 0 saturated carbocycles. The third kappa shape index (κ3) is 3.42. The van der Waals surface area contributed by atoms with E-state index in [9.17, 15) is 4.79 Å². The van der Waals surface area contributed by atoms with Gasteiger partial charge in [0, 0.05) is 11.2 Å². The van der Waals surface area contributed by atoms with Crippen LogP contribution in [0.15, 0.2) is 30.3 Å². The number of hydrogen-bond donors (Lipinski definition) is 1. The van der Waals surface area contributed by atoms with E-state index >= 15 is 0 Å². The van der Waals surface area contributed by atoms with Gasteiger partial charge in [0.1, 0.15) is 0 Å². The zero-order valence-electron chi connectivity index (χ0n) is 9.41. The summed E-state index contributed by atoms with van der Waals surface area (Å²) in [5, 5.41) is 4.11. The van der Waals surface area contributed by atoms with Gasteiger partial charge in [0.15, 0.2) is 0 Å². The van der Waals surface area contributed by atoms with Crippen molar-refractivity contribution in [3.05, 3.63) is 35.2 Å². The second-order valence-electron chi connectivity index (χ2n) is 3.80. The second-order valence-corrected chi connectivity index (χ2v) is 5.96. The summed E-state index contributed by atoms with van der Waals surface area (Å²) in [7, 11) is 0. The molecule has 1 heterocycles. The molecule has 4 heteroatoms. The molecule has 1 amide bonds. The molecular weight excluding hydrogens is 345 g/mol. The first-order chi connectivity index (χ1) is 8.31. The summed E-state index contributed by atoms with van der Waals surface area (Å²) in [6.07, 6.45) is 2.22. The number of hydrogen-bond acceptors (Lipinski definition) is 2. The van der Waals surface area contributed by atoms with Crippen molar-refractivity contribution in [3.63, 3.8) is 0 Å². The molecule has 90 valence electrons. The van der Waals surface area contributed by atoms with E-state index in [4.69, 9.17) is 0 Å². The average Bonchev–Trinajstić information content (AvgIpc) is 2.78.